The van der Waals surface area contributed by atoms with E-state index < -0.39 is 11.7 Å². The van der Waals surface area contributed by atoms with Crippen LogP contribution in [0.3, 0.4) is 0 Å². The van der Waals surface area contributed by atoms with Crippen LogP contribution in [-0.2, 0) is 14.3 Å². The van der Waals surface area contributed by atoms with Gasteiger partial charge in [-0.3, -0.25) is 4.79 Å². The number of nitrogens with one attached hydrogen (secondary N) is 1. The van der Waals surface area contributed by atoms with Gasteiger partial charge in [-0.2, -0.15) is 0 Å². The monoisotopic (exact) mass is 387 g/mol. The van der Waals surface area contributed by atoms with Crippen LogP contribution in [0.2, 0.25) is 0 Å². The van der Waals surface area contributed by atoms with Crippen LogP contribution in [-0.4, -0.2) is 31.3 Å². The molecule has 1 fully saturated rings. The zero-order chi connectivity index (χ0) is 20.5. The second-order valence-corrected chi connectivity index (χ2v) is 7.84. The zero-order valence-corrected chi connectivity index (χ0v) is 17.3. The summed E-state index contributed by atoms with van der Waals surface area (Å²) in [5, 5.41) is 3.14. The molecule has 152 valence electrons. The minimum Gasteiger partial charge on any atom is -0.497 e. The lowest BCUT2D eigenvalue weighted by molar-refractivity contribution is -0.116. The Labute approximate surface area is 166 Å². The number of hydrogen-bond donors (Lipinski definition) is 1. The van der Waals surface area contributed by atoms with Crippen molar-refractivity contribution in [1.29, 1.82) is 0 Å². The Balaban J connectivity index is 2.15. The average molecular weight is 387 g/mol. The standard InChI is InChI=1S/C22H29NO5/c1-6-27-21(25)28-19-18(17-14(3)11-16(26-5)12-15(17)4)20(24)23-22(19)9-7-13(2)8-10-22/h11-13H,6-10H2,1-5H3,(H,23,24). The van der Waals surface area contributed by atoms with Crippen LogP contribution in [0.15, 0.2) is 17.9 Å². The molecule has 1 aromatic carbocycles. The van der Waals surface area contributed by atoms with Crippen molar-refractivity contribution in [2.24, 2.45) is 5.92 Å². The normalized spacial score (nSPS) is 24.3. The molecule has 1 aliphatic heterocycles. The fraction of sp³-hybridized carbons (Fsp3) is 0.545. The topological polar surface area (TPSA) is 73.9 Å². The Morgan fingerprint density at radius 1 is 1.21 bits per heavy atom. The Kier molecular flexibility index (Phi) is 5.68. The van der Waals surface area contributed by atoms with Crippen LogP contribution < -0.4 is 10.1 Å². The summed E-state index contributed by atoms with van der Waals surface area (Å²) in [7, 11) is 1.61. The number of methoxy groups -OCH3 is 1. The maximum absolute atomic E-state index is 13.1. The summed E-state index contributed by atoms with van der Waals surface area (Å²) in [5.74, 6) is 1.51. The maximum atomic E-state index is 13.1. The van der Waals surface area contributed by atoms with Gasteiger partial charge < -0.3 is 19.5 Å². The molecule has 0 atom stereocenters. The molecule has 1 saturated carbocycles. The van der Waals surface area contributed by atoms with E-state index in [0.29, 0.717) is 17.3 Å². The summed E-state index contributed by atoms with van der Waals surface area (Å²) >= 11 is 0. The molecule has 0 bridgehead atoms. The summed E-state index contributed by atoms with van der Waals surface area (Å²) in [6, 6.07) is 3.77. The minimum atomic E-state index is -0.770. The van der Waals surface area contributed by atoms with E-state index in [4.69, 9.17) is 14.2 Å². The van der Waals surface area contributed by atoms with Gasteiger partial charge in [0.1, 0.15) is 11.5 Å². The molecular weight excluding hydrogens is 358 g/mol. The summed E-state index contributed by atoms with van der Waals surface area (Å²) in [6.45, 7) is 8.01. The van der Waals surface area contributed by atoms with E-state index in [1.54, 1.807) is 14.0 Å². The van der Waals surface area contributed by atoms with E-state index in [1.165, 1.54) is 0 Å². The largest absolute Gasteiger partial charge is 0.513 e. The second kappa shape index (κ2) is 7.86. The minimum absolute atomic E-state index is 0.204. The SMILES string of the molecule is CCOC(=O)OC1=C(c2c(C)cc(OC)cc2C)C(=O)NC12CCC(C)CC2. The first kappa shape index (κ1) is 20.2. The number of carbonyl (C=O) groups excluding carboxylic acids is 2. The lowest BCUT2D eigenvalue weighted by Crippen LogP contribution is -2.47. The highest BCUT2D eigenvalue weighted by Gasteiger charge is 2.50. The molecule has 6 heteroatoms. The van der Waals surface area contributed by atoms with Crippen molar-refractivity contribution >= 4 is 17.6 Å². The van der Waals surface area contributed by atoms with Gasteiger partial charge in [-0.15, -0.1) is 0 Å². The third-order valence-electron chi connectivity index (χ3n) is 5.81. The molecule has 1 amide bonds. The van der Waals surface area contributed by atoms with Gasteiger partial charge in [0.25, 0.3) is 5.91 Å². The van der Waals surface area contributed by atoms with E-state index in [0.717, 1.165) is 48.1 Å². The van der Waals surface area contributed by atoms with Crippen molar-refractivity contribution in [2.45, 2.75) is 58.9 Å². The summed E-state index contributed by atoms with van der Waals surface area (Å²) in [4.78, 5) is 25.3. The van der Waals surface area contributed by atoms with Crippen molar-refractivity contribution in [3.8, 4) is 5.75 Å². The Morgan fingerprint density at radius 2 is 1.82 bits per heavy atom. The van der Waals surface area contributed by atoms with Crippen LogP contribution in [0.25, 0.3) is 5.57 Å². The highest BCUT2D eigenvalue weighted by molar-refractivity contribution is 6.24. The van der Waals surface area contributed by atoms with Crippen LogP contribution in [0.4, 0.5) is 4.79 Å². The van der Waals surface area contributed by atoms with Crippen molar-refractivity contribution in [3.63, 3.8) is 0 Å². The molecule has 2 aliphatic rings. The number of aryl methyl sites for hydroxylation is 2. The van der Waals surface area contributed by atoms with Gasteiger partial charge in [-0.1, -0.05) is 6.92 Å². The van der Waals surface area contributed by atoms with Gasteiger partial charge >= 0.3 is 6.16 Å². The molecule has 1 aliphatic carbocycles. The summed E-state index contributed by atoms with van der Waals surface area (Å²) in [5.41, 5.74) is 2.36. The maximum Gasteiger partial charge on any atom is 0.513 e. The molecule has 1 aromatic rings. The second-order valence-electron chi connectivity index (χ2n) is 7.84. The lowest BCUT2D eigenvalue weighted by atomic mass is 9.76. The Morgan fingerprint density at radius 3 is 2.36 bits per heavy atom. The van der Waals surface area contributed by atoms with Crippen LogP contribution >= 0.6 is 0 Å². The molecule has 0 aromatic heterocycles. The van der Waals surface area contributed by atoms with E-state index in [2.05, 4.69) is 12.2 Å². The van der Waals surface area contributed by atoms with E-state index >= 15 is 0 Å². The molecular formula is C22H29NO5. The molecule has 6 nitrogen and oxygen atoms in total. The highest BCUT2D eigenvalue weighted by atomic mass is 16.7. The van der Waals surface area contributed by atoms with E-state index in [1.807, 2.05) is 26.0 Å². The van der Waals surface area contributed by atoms with Gasteiger partial charge in [0.2, 0.25) is 0 Å². The van der Waals surface area contributed by atoms with E-state index in [-0.39, 0.29) is 12.5 Å². The van der Waals surface area contributed by atoms with Gasteiger partial charge in [0, 0.05) is 0 Å². The molecule has 1 heterocycles. The van der Waals surface area contributed by atoms with Gasteiger partial charge in [-0.25, -0.2) is 4.79 Å². The van der Waals surface area contributed by atoms with Crippen molar-refractivity contribution in [1.82, 2.24) is 5.32 Å². The molecule has 1 N–H and O–H groups in total. The number of benzene rings is 1. The van der Waals surface area contributed by atoms with Gasteiger partial charge in [0.05, 0.1) is 24.8 Å². The summed E-state index contributed by atoms with van der Waals surface area (Å²) < 4.78 is 16.1. The van der Waals surface area contributed by atoms with E-state index in [9.17, 15) is 9.59 Å². The third kappa shape index (κ3) is 3.60. The molecule has 0 unspecified atom stereocenters. The molecule has 28 heavy (non-hydrogen) atoms. The molecule has 0 radical (unpaired) electrons. The number of hydrogen-bond acceptors (Lipinski definition) is 5. The van der Waals surface area contributed by atoms with Crippen molar-refractivity contribution in [2.75, 3.05) is 13.7 Å². The first-order valence-electron chi connectivity index (χ1n) is 9.88. The molecule has 3 rings (SSSR count). The van der Waals surface area contributed by atoms with Gasteiger partial charge in [-0.05, 0) is 81.2 Å². The summed E-state index contributed by atoms with van der Waals surface area (Å²) in [6.07, 6.45) is 2.64. The number of ether oxygens (including phenoxy) is 3. The zero-order valence-electron chi connectivity index (χ0n) is 17.3. The van der Waals surface area contributed by atoms with Crippen LogP contribution in [0.1, 0.15) is 56.2 Å². The third-order valence-corrected chi connectivity index (χ3v) is 5.81. The quantitative estimate of drug-likeness (QED) is 0.781. The fourth-order valence-corrected chi connectivity index (χ4v) is 4.33. The predicted octanol–water partition coefficient (Wildman–Crippen LogP) is 4.27. The molecule has 1 spiro atoms. The average Bonchev–Trinajstić information content (AvgIpc) is 2.89. The van der Waals surface area contributed by atoms with Crippen LogP contribution in [0, 0.1) is 19.8 Å². The Bertz CT molecular complexity index is 795. The number of amides is 1. The molecule has 0 saturated heterocycles. The lowest BCUT2D eigenvalue weighted by Gasteiger charge is -2.37. The van der Waals surface area contributed by atoms with Crippen LogP contribution in [0.5, 0.6) is 5.75 Å². The first-order chi connectivity index (χ1) is 13.3. The number of rotatable bonds is 4. The fourth-order valence-electron chi connectivity index (χ4n) is 4.33. The first-order valence-corrected chi connectivity index (χ1v) is 9.88. The van der Waals surface area contributed by atoms with Crippen molar-refractivity contribution in [3.05, 3.63) is 34.6 Å². The highest BCUT2D eigenvalue weighted by Crippen LogP contribution is 2.46. The van der Waals surface area contributed by atoms with Crippen molar-refractivity contribution < 1.29 is 23.8 Å². The number of carbonyl (C=O) groups is 2. The van der Waals surface area contributed by atoms with Gasteiger partial charge in [0.15, 0.2) is 0 Å². The smallest absolute Gasteiger partial charge is 0.497 e. The Hall–Kier alpha value is -2.50. The predicted molar refractivity (Wildman–Crippen MR) is 106 cm³/mol.